The summed E-state index contributed by atoms with van der Waals surface area (Å²) in [5.41, 5.74) is -0.542. The number of nitrogens with zero attached hydrogens (tertiary/aromatic N) is 1. The second-order valence-corrected chi connectivity index (χ2v) is 8.88. The first-order valence-electron chi connectivity index (χ1n) is 7.83. The van der Waals surface area contributed by atoms with Crippen molar-refractivity contribution in [3.8, 4) is 0 Å². The van der Waals surface area contributed by atoms with Crippen LogP contribution >= 0.6 is 11.6 Å². The maximum absolute atomic E-state index is 12.4. The van der Waals surface area contributed by atoms with Gasteiger partial charge < -0.3 is 9.64 Å². The minimum Gasteiger partial charge on any atom is -0.444 e. The number of halogens is 1. The number of carbonyl (C=O) groups is 1. The number of benzene rings is 1. The summed E-state index contributed by atoms with van der Waals surface area (Å²) in [7, 11) is -3.67. The van der Waals surface area contributed by atoms with Crippen molar-refractivity contribution in [3.05, 3.63) is 29.3 Å². The number of ether oxygens (including phenoxy) is 1. The molecule has 0 spiro atoms. The quantitative estimate of drug-likeness (QED) is 0.882. The molecule has 0 aliphatic carbocycles. The third kappa shape index (κ3) is 5.09. The van der Waals surface area contributed by atoms with Crippen LogP contribution in [0.2, 0.25) is 5.02 Å². The molecule has 0 unspecified atom stereocenters. The summed E-state index contributed by atoms with van der Waals surface area (Å²) < 4.78 is 32.8. The van der Waals surface area contributed by atoms with Gasteiger partial charge in [0.1, 0.15) is 10.5 Å². The van der Waals surface area contributed by atoms with Crippen molar-refractivity contribution in [2.45, 2.75) is 50.2 Å². The molecular weight excluding hydrogens is 352 g/mol. The number of nitrogens with one attached hydrogen (secondary N) is 1. The van der Waals surface area contributed by atoms with E-state index >= 15 is 0 Å². The van der Waals surface area contributed by atoms with Gasteiger partial charge in [-0.3, -0.25) is 0 Å². The lowest BCUT2D eigenvalue weighted by molar-refractivity contribution is 0.0204. The molecule has 0 radical (unpaired) electrons. The van der Waals surface area contributed by atoms with Gasteiger partial charge in [0.25, 0.3) is 0 Å². The molecule has 6 nitrogen and oxygen atoms in total. The molecule has 0 atom stereocenters. The van der Waals surface area contributed by atoms with Crippen LogP contribution in [0.5, 0.6) is 0 Å². The van der Waals surface area contributed by atoms with E-state index in [1.807, 2.05) is 20.8 Å². The fourth-order valence-electron chi connectivity index (χ4n) is 2.45. The fraction of sp³-hybridized carbons (Fsp3) is 0.562. The molecule has 0 saturated carbocycles. The first kappa shape index (κ1) is 19.0. The molecule has 1 heterocycles. The molecule has 1 fully saturated rings. The lowest BCUT2D eigenvalue weighted by Gasteiger charge is -2.33. The zero-order chi connectivity index (χ0) is 18.0. The minimum atomic E-state index is -3.67. The predicted molar refractivity (Wildman–Crippen MR) is 92.6 cm³/mol. The molecule has 2 rings (SSSR count). The maximum atomic E-state index is 12.4. The molecule has 1 saturated heterocycles. The van der Waals surface area contributed by atoms with Gasteiger partial charge in [0.2, 0.25) is 10.0 Å². The van der Waals surface area contributed by atoms with Crippen molar-refractivity contribution in [1.29, 1.82) is 0 Å². The van der Waals surface area contributed by atoms with Gasteiger partial charge in [0.15, 0.2) is 0 Å². The Morgan fingerprint density at radius 2 is 1.83 bits per heavy atom. The van der Waals surface area contributed by atoms with Crippen LogP contribution in [0.1, 0.15) is 33.6 Å². The number of sulfonamides is 1. The summed E-state index contributed by atoms with van der Waals surface area (Å²) in [6.07, 6.45) is 0.696. The van der Waals surface area contributed by atoms with Crippen LogP contribution in [0.25, 0.3) is 0 Å². The number of hydrogen-bond acceptors (Lipinski definition) is 4. The molecule has 1 aromatic carbocycles. The third-order valence-corrected chi connectivity index (χ3v) is 5.61. The molecule has 0 aromatic heterocycles. The zero-order valence-corrected chi connectivity index (χ0v) is 15.7. The van der Waals surface area contributed by atoms with Crippen molar-refractivity contribution < 1.29 is 17.9 Å². The first-order valence-corrected chi connectivity index (χ1v) is 9.69. The van der Waals surface area contributed by atoms with Crippen molar-refractivity contribution in [1.82, 2.24) is 9.62 Å². The summed E-state index contributed by atoms with van der Waals surface area (Å²) in [6, 6.07) is 6.10. The Morgan fingerprint density at radius 3 is 2.38 bits per heavy atom. The Balaban J connectivity index is 1.94. The Hall–Kier alpha value is -1.31. The van der Waals surface area contributed by atoms with E-state index in [-0.39, 0.29) is 22.1 Å². The number of amides is 1. The van der Waals surface area contributed by atoms with Gasteiger partial charge in [-0.25, -0.2) is 17.9 Å². The summed E-state index contributed by atoms with van der Waals surface area (Å²) in [5.74, 6) is 0. The molecule has 1 aliphatic rings. The second-order valence-electron chi connectivity index (χ2n) is 6.79. The van der Waals surface area contributed by atoms with E-state index in [4.69, 9.17) is 16.3 Å². The lowest BCUT2D eigenvalue weighted by Crippen LogP contribution is -2.47. The molecule has 1 N–H and O–H groups in total. The van der Waals surface area contributed by atoms with Crippen LogP contribution in [0.3, 0.4) is 0 Å². The highest BCUT2D eigenvalue weighted by Crippen LogP contribution is 2.22. The Labute approximate surface area is 148 Å². The molecule has 24 heavy (non-hydrogen) atoms. The summed E-state index contributed by atoms with van der Waals surface area (Å²) in [4.78, 5) is 13.7. The van der Waals surface area contributed by atoms with Crippen molar-refractivity contribution in [2.75, 3.05) is 13.1 Å². The van der Waals surface area contributed by atoms with Gasteiger partial charge in [-0.15, -0.1) is 0 Å². The first-order chi connectivity index (χ1) is 11.1. The zero-order valence-electron chi connectivity index (χ0n) is 14.1. The van der Waals surface area contributed by atoms with Crippen molar-refractivity contribution >= 4 is 27.7 Å². The average Bonchev–Trinajstić information content (AvgIpc) is 2.46. The van der Waals surface area contributed by atoms with Gasteiger partial charge in [0.05, 0.1) is 5.02 Å². The van der Waals surface area contributed by atoms with E-state index in [0.29, 0.717) is 25.9 Å². The van der Waals surface area contributed by atoms with Gasteiger partial charge in [-0.1, -0.05) is 23.7 Å². The van der Waals surface area contributed by atoms with Crippen LogP contribution in [-0.4, -0.2) is 44.1 Å². The highest BCUT2D eigenvalue weighted by atomic mass is 35.5. The molecule has 1 amide bonds. The smallest absolute Gasteiger partial charge is 0.410 e. The number of piperidine rings is 1. The fourth-order valence-corrected chi connectivity index (χ4v) is 4.28. The Kier molecular flexibility index (Phi) is 5.78. The average molecular weight is 375 g/mol. The van der Waals surface area contributed by atoms with E-state index < -0.39 is 15.6 Å². The largest absolute Gasteiger partial charge is 0.444 e. The molecule has 0 bridgehead atoms. The lowest BCUT2D eigenvalue weighted by atomic mass is 10.1. The van der Waals surface area contributed by atoms with Gasteiger partial charge >= 0.3 is 6.09 Å². The number of rotatable bonds is 3. The number of hydrogen-bond donors (Lipinski definition) is 1. The van der Waals surface area contributed by atoms with Crippen molar-refractivity contribution in [3.63, 3.8) is 0 Å². The van der Waals surface area contributed by atoms with E-state index in [2.05, 4.69) is 4.72 Å². The van der Waals surface area contributed by atoms with Crippen LogP contribution in [0, 0.1) is 0 Å². The monoisotopic (exact) mass is 374 g/mol. The van der Waals surface area contributed by atoms with E-state index in [1.54, 1.807) is 23.1 Å². The maximum Gasteiger partial charge on any atom is 0.410 e. The normalized spacial score (nSPS) is 16.9. The van der Waals surface area contributed by atoms with Gasteiger partial charge in [-0.05, 0) is 45.7 Å². The number of carbonyl (C=O) groups excluding carboxylic acids is 1. The van der Waals surface area contributed by atoms with E-state index in [1.165, 1.54) is 6.07 Å². The molecular formula is C16H23ClN2O4S. The molecule has 134 valence electrons. The third-order valence-electron chi connectivity index (χ3n) is 3.59. The van der Waals surface area contributed by atoms with Gasteiger partial charge in [0, 0.05) is 19.1 Å². The summed E-state index contributed by atoms with van der Waals surface area (Å²) >= 11 is 5.96. The predicted octanol–water partition coefficient (Wildman–Crippen LogP) is 3.02. The van der Waals surface area contributed by atoms with Crippen LogP contribution in [0.15, 0.2) is 29.2 Å². The Morgan fingerprint density at radius 1 is 1.25 bits per heavy atom. The minimum absolute atomic E-state index is 0.0706. The SMILES string of the molecule is CC(C)(C)OC(=O)N1CCC(NS(=O)(=O)c2ccccc2Cl)CC1. The standard InChI is InChI=1S/C16H23ClN2O4S/c1-16(2,3)23-15(20)19-10-8-12(9-11-19)18-24(21,22)14-7-5-4-6-13(14)17/h4-7,12,18H,8-11H2,1-3H3. The van der Waals surface area contributed by atoms with E-state index in [9.17, 15) is 13.2 Å². The number of likely N-dealkylation sites (tertiary alicyclic amines) is 1. The van der Waals surface area contributed by atoms with Crippen LogP contribution < -0.4 is 4.72 Å². The molecule has 1 aliphatic heterocycles. The van der Waals surface area contributed by atoms with E-state index in [0.717, 1.165) is 0 Å². The second kappa shape index (κ2) is 7.29. The molecule has 1 aromatic rings. The van der Waals surface area contributed by atoms with Crippen LogP contribution in [0.4, 0.5) is 4.79 Å². The van der Waals surface area contributed by atoms with Crippen molar-refractivity contribution in [2.24, 2.45) is 0 Å². The summed E-state index contributed by atoms with van der Waals surface area (Å²) in [5, 5.41) is 0.191. The Bertz CT molecular complexity index is 692. The highest BCUT2D eigenvalue weighted by Gasteiger charge is 2.29. The summed E-state index contributed by atoms with van der Waals surface area (Å²) in [6.45, 7) is 6.34. The molecule has 8 heteroatoms. The van der Waals surface area contributed by atoms with Gasteiger partial charge in [-0.2, -0.15) is 0 Å². The van der Waals surface area contributed by atoms with Crippen LogP contribution in [-0.2, 0) is 14.8 Å². The highest BCUT2D eigenvalue weighted by molar-refractivity contribution is 7.89. The topological polar surface area (TPSA) is 75.7 Å².